The number of halogens is 3. The maximum atomic E-state index is 11.0. The summed E-state index contributed by atoms with van der Waals surface area (Å²) in [6.45, 7) is 12.4. The topological polar surface area (TPSA) is 35.5 Å². The Kier molecular flexibility index (Phi) is 7.18. The molecule has 0 N–H and O–H groups in total. The summed E-state index contributed by atoms with van der Waals surface area (Å²) in [6.07, 6.45) is -0.428. The molecular formula is C12H23Cl3O3Si. The summed E-state index contributed by atoms with van der Waals surface area (Å²) in [5, 5.41) is 0.115. The zero-order valence-electron chi connectivity index (χ0n) is 12.4. The summed E-state index contributed by atoms with van der Waals surface area (Å²) >= 11 is 17.4. The fraction of sp³-hybridized carbons (Fsp3) is 0.917. The third kappa shape index (κ3) is 7.18. The van der Waals surface area contributed by atoms with Crippen LogP contribution in [0.15, 0.2) is 0 Å². The van der Waals surface area contributed by atoms with Crippen molar-refractivity contribution in [3.8, 4) is 0 Å². The first kappa shape index (κ1) is 19.5. The van der Waals surface area contributed by atoms with Crippen LogP contribution < -0.4 is 0 Å². The van der Waals surface area contributed by atoms with Crippen LogP contribution in [0.3, 0.4) is 0 Å². The van der Waals surface area contributed by atoms with Gasteiger partial charge < -0.3 is 9.16 Å². The highest BCUT2D eigenvalue weighted by Gasteiger charge is 2.39. The van der Waals surface area contributed by atoms with E-state index in [1.165, 1.54) is 6.92 Å². The number of rotatable bonds is 5. The number of carbonyl (C=O) groups is 1. The molecule has 0 heterocycles. The Hall–Kier alpha value is 0.517. The van der Waals surface area contributed by atoms with Crippen molar-refractivity contribution in [2.75, 3.05) is 6.61 Å². The van der Waals surface area contributed by atoms with Gasteiger partial charge in [0.25, 0.3) is 0 Å². The van der Waals surface area contributed by atoms with Gasteiger partial charge in [0.15, 0.2) is 14.4 Å². The first-order valence-corrected chi connectivity index (χ1v) is 10.2. The van der Waals surface area contributed by atoms with Crippen molar-refractivity contribution in [1.82, 2.24) is 0 Å². The molecule has 0 saturated carbocycles. The van der Waals surface area contributed by atoms with E-state index < -0.39 is 24.2 Å². The molecule has 0 amide bonds. The van der Waals surface area contributed by atoms with Crippen molar-refractivity contribution >= 4 is 49.1 Å². The Balaban J connectivity index is 4.47. The van der Waals surface area contributed by atoms with Gasteiger partial charge in [0.2, 0.25) is 3.79 Å². The minimum atomic E-state index is -1.84. The van der Waals surface area contributed by atoms with Gasteiger partial charge in [-0.1, -0.05) is 55.6 Å². The summed E-state index contributed by atoms with van der Waals surface area (Å²) in [6, 6.07) is 0. The highest BCUT2D eigenvalue weighted by molar-refractivity contribution is 6.74. The van der Waals surface area contributed by atoms with Crippen molar-refractivity contribution in [1.29, 1.82) is 0 Å². The normalized spacial score (nSPS) is 15.2. The minimum absolute atomic E-state index is 0.115. The molecule has 114 valence electrons. The Morgan fingerprint density at radius 1 is 1.21 bits per heavy atom. The molecule has 1 unspecified atom stereocenters. The zero-order chi connectivity index (χ0) is 15.5. The summed E-state index contributed by atoms with van der Waals surface area (Å²) in [5.41, 5.74) is 0. The number of carbonyl (C=O) groups excluding carboxylic acids is 1. The average molecular weight is 350 g/mol. The Morgan fingerprint density at radius 3 is 2.00 bits per heavy atom. The molecule has 0 aliphatic rings. The Labute approximate surface area is 132 Å². The largest absolute Gasteiger partial charge is 0.458 e. The maximum absolute atomic E-state index is 11.0. The van der Waals surface area contributed by atoms with Gasteiger partial charge in [-0.25, -0.2) is 0 Å². The second-order valence-electron chi connectivity index (χ2n) is 6.04. The number of hydrogen-bond donors (Lipinski definition) is 0. The van der Waals surface area contributed by atoms with E-state index in [2.05, 4.69) is 33.9 Å². The molecule has 0 fully saturated rings. The predicted octanol–water partition coefficient (Wildman–Crippen LogP) is 4.70. The van der Waals surface area contributed by atoms with E-state index in [1.54, 1.807) is 0 Å². The van der Waals surface area contributed by atoms with E-state index in [-0.39, 0.29) is 5.04 Å². The van der Waals surface area contributed by atoms with Gasteiger partial charge in [0, 0.05) is 20.0 Å². The summed E-state index contributed by atoms with van der Waals surface area (Å²) in [4.78, 5) is 11.0. The number of ether oxygens (including phenoxy) is 1. The average Bonchev–Trinajstić information content (AvgIpc) is 2.11. The lowest BCUT2D eigenvalue weighted by Crippen LogP contribution is -2.42. The molecule has 0 aromatic heterocycles. The van der Waals surface area contributed by atoms with E-state index in [0.29, 0.717) is 13.0 Å². The summed E-state index contributed by atoms with van der Waals surface area (Å²) in [5.74, 6) is -0.469. The van der Waals surface area contributed by atoms with Gasteiger partial charge in [-0.05, 0) is 18.1 Å². The molecule has 0 saturated heterocycles. The molecule has 19 heavy (non-hydrogen) atoms. The van der Waals surface area contributed by atoms with Crippen LogP contribution in [-0.4, -0.2) is 30.8 Å². The van der Waals surface area contributed by atoms with E-state index in [1.807, 2.05) is 0 Å². The van der Waals surface area contributed by atoms with Crippen LogP contribution >= 0.6 is 34.8 Å². The van der Waals surface area contributed by atoms with Crippen molar-refractivity contribution in [2.45, 2.75) is 62.1 Å². The molecule has 3 nitrogen and oxygen atoms in total. The van der Waals surface area contributed by atoms with Crippen LogP contribution in [0.25, 0.3) is 0 Å². The summed E-state index contributed by atoms with van der Waals surface area (Å²) < 4.78 is 9.35. The molecule has 0 bridgehead atoms. The van der Waals surface area contributed by atoms with Gasteiger partial charge in [0.1, 0.15) is 0 Å². The van der Waals surface area contributed by atoms with Crippen molar-refractivity contribution in [2.24, 2.45) is 0 Å². The number of alkyl halides is 3. The van der Waals surface area contributed by atoms with Crippen molar-refractivity contribution < 1.29 is 14.0 Å². The van der Waals surface area contributed by atoms with Gasteiger partial charge in [0.05, 0.1) is 0 Å². The Bertz CT molecular complexity index is 308. The lowest BCUT2D eigenvalue weighted by Gasteiger charge is -2.36. The fourth-order valence-corrected chi connectivity index (χ4v) is 2.65. The lowest BCUT2D eigenvalue weighted by molar-refractivity contribution is -0.146. The molecule has 1 atom stereocenters. The molecule has 7 heteroatoms. The molecule has 0 aromatic rings. The molecule has 0 aromatic carbocycles. The highest BCUT2D eigenvalue weighted by Crippen LogP contribution is 2.38. The molecule has 0 aliphatic heterocycles. The molecular weight excluding hydrogens is 327 g/mol. The zero-order valence-corrected chi connectivity index (χ0v) is 15.6. The number of esters is 1. The molecule has 0 spiro atoms. The third-order valence-electron chi connectivity index (χ3n) is 3.32. The smallest absolute Gasteiger partial charge is 0.303 e. The molecule has 0 aliphatic carbocycles. The van der Waals surface area contributed by atoms with E-state index in [4.69, 9.17) is 44.0 Å². The first-order chi connectivity index (χ1) is 8.27. The molecule has 0 rings (SSSR count). The van der Waals surface area contributed by atoms with Gasteiger partial charge >= 0.3 is 5.97 Å². The quantitative estimate of drug-likeness (QED) is 0.410. The van der Waals surface area contributed by atoms with Crippen molar-refractivity contribution in [3.05, 3.63) is 0 Å². The van der Waals surface area contributed by atoms with Crippen LogP contribution in [0.5, 0.6) is 0 Å². The van der Waals surface area contributed by atoms with Crippen LogP contribution in [0.1, 0.15) is 34.1 Å². The van der Waals surface area contributed by atoms with Crippen LogP contribution in [-0.2, 0) is 14.0 Å². The number of hydrogen-bond acceptors (Lipinski definition) is 3. The third-order valence-corrected chi connectivity index (χ3v) is 8.59. The SMILES string of the molecule is CC(=O)OC(CCO[Si](C)(C)C(C)(C)C)C(Cl)(Cl)Cl. The van der Waals surface area contributed by atoms with Gasteiger partial charge in [-0.2, -0.15) is 0 Å². The first-order valence-electron chi connectivity index (χ1n) is 6.15. The lowest BCUT2D eigenvalue weighted by atomic mass is 10.2. The molecule has 0 radical (unpaired) electrons. The predicted molar refractivity (Wildman–Crippen MR) is 83.6 cm³/mol. The van der Waals surface area contributed by atoms with Crippen molar-refractivity contribution in [3.63, 3.8) is 0 Å². The van der Waals surface area contributed by atoms with E-state index in [9.17, 15) is 4.79 Å². The second-order valence-corrected chi connectivity index (χ2v) is 13.2. The van der Waals surface area contributed by atoms with Crippen LogP contribution in [0.4, 0.5) is 0 Å². The fourth-order valence-electron chi connectivity index (χ4n) is 1.13. The van der Waals surface area contributed by atoms with Crippen LogP contribution in [0.2, 0.25) is 18.1 Å². The summed E-state index contributed by atoms with van der Waals surface area (Å²) in [7, 11) is -1.84. The monoisotopic (exact) mass is 348 g/mol. The van der Waals surface area contributed by atoms with Crippen LogP contribution in [0, 0.1) is 0 Å². The van der Waals surface area contributed by atoms with E-state index in [0.717, 1.165) is 0 Å². The highest BCUT2D eigenvalue weighted by atomic mass is 35.6. The Morgan fingerprint density at radius 2 is 1.68 bits per heavy atom. The van der Waals surface area contributed by atoms with Gasteiger partial charge in [-0.15, -0.1) is 0 Å². The van der Waals surface area contributed by atoms with E-state index >= 15 is 0 Å². The standard InChI is InChI=1S/C12H23Cl3O3Si/c1-9(16)18-10(12(13,14)15)7-8-17-19(5,6)11(2,3)4/h10H,7-8H2,1-6H3. The maximum Gasteiger partial charge on any atom is 0.303 e. The second kappa shape index (κ2) is 6.99. The minimum Gasteiger partial charge on any atom is -0.458 e. The van der Waals surface area contributed by atoms with Gasteiger partial charge in [-0.3, -0.25) is 4.79 Å².